The highest BCUT2D eigenvalue weighted by Crippen LogP contribution is 2.21. The third-order valence-electron chi connectivity index (χ3n) is 4.96. The molecule has 2 amide bonds. The molecule has 6 heteroatoms. The molecule has 1 aromatic heterocycles. The number of amides is 2. The fraction of sp³-hybridized carbons (Fsp3) is 0.381. The van der Waals surface area contributed by atoms with Crippen LogP contribution in [0, 0.1) is 6.92 Å². The molecule has 1 aliphatic heterocycles. The summed E-state index contributed by atoms with van der Waals surface area (Å²) in [5.41, 5.74) is 4.60. The Kier molecular flexibility index (Phi) is 5.86. The maximum Gasteiger partial charge on any atom is 0.254 e. The average molecular weight is 367 g/mol. The number of benzene rings is 1. The number of pyridine rings is 1. The van der Waals surface area contributed by atoms with E-state index in [1.54, 1.807) is 17.0 Å². The smallest absolute Gasteiger partial charge is 0.254 e. The van der Waals surface area contributed by atoms with Crippen molar-refractivity contribution in [2.24, 2.45) is 0 Å². The number of nitrogens with zero attached hydrogens (tertiary/aromatic N) is 2. The molecular formula is C21H25N3O3. The first-order valence-corrected chi connectivity index (χ1v) is 9.31. The SMILES string of the molecule is CCc1nc(-c2ccc(C(=O)N3CCNC(=O)C3CCO)cc2)ccc1C. The Balaban J connectivity index is 1.82. The molecule has 27 heavy (non-hydrogen) atoms. The van der Waals surface area contributed by atoms with Crippen LogP contribution in [0.1, 0.15) is 35.0 Å². The molecule has 1 saturated heterocycles. The molecule has 1 fully saturated rings. The fourth-order valence-electron chi connectivity index (χ4n) is 3.41. The van der Waals surface area contributed by atoms with Crippen LogP contribution in [0.25, 0.3) is 11.3 Å². The number of aryl methyl sites for hydroxylation is 2. The summed E-state index contributed by atoms with van der Waals surface area (Å²) in [4.78, 5) is 31.1. The van der Waals surface area contributed by atoms with Gasteiger partial charge >= 0.3 is 0 Å². The highest BCUT2D eigenvalue weighted by molar-refractivity contribution is 5.98. The summed E-state index contributed by atoms with van der Waals surface area (Å²) in [6.45, 7) is 4.86. The summed E-state index contributed by atoms with van der Waals surface area (Å²) in [6, 6.07) is 10.7. The summed E-state index contributed by atoms with van der Waals surface area (Å²) < 4.78 is 0. The van der Waals surface area contributed by atoms with E-state index in [1.165, 1.54) is 5.56 Å². The first-order valence-electron chi connectivity index (χ1n) is 9.31. The number of aliphatic hydroxyl groups excluding tert-OH is 1. The molecule has 0 bridgehead atoms. The Hall–Kier alpha value is -2.73. The fourth-order valence-corrected chi connectivity index (χ4v) is 3.41. The van der Waals surface area contributed by atoms with E-state index < -0.39 is 6.04 Å². The summed E-state index contributed by atoms with van der Waals surface area (Å²) in [7, 11) is 0. The Morgan fingerprint density at radius 2 is 2.00 bits per heavy atom. The summed E-state index contributed by atoms with van der Waals surface area (Å²) in [5, 5.41) is 12.0. The average Bonchev–Trinajstić information content (AvgIpc) is 2.69. The van der Waals surface area contributed by atoms with Crippen molar-refractivity contribution < 1.29 is 14.7 Å². The molecule has 2 N–H and O–H groups in total. The number of hydrogen-bond acceptors (Lipinski definition) is 4. The Morgan fingerprint density at radius 1 is 1.26 bits per heavy atom. The van der Waals surface area contributed by atoms with Crippen LogP contribution >= 0.6 is 0 Å². The molecule has 0 aliphatic carbocycles. The van der Waals surface area contributed by atoms with Crippen molar-refractivity contribution >= 4 is 11.8 Å². The number of aromatic nitrogens is 1. The molecule has 2 aromatic rings. The van der Waals surface area contributed by atoms with Crippen LogP contribution in [-0.4, -0.2) is 52.5 Å². The minimum atomic E-state index is -0.623. The summed E-state index contributed by atoms with van der Waals surface area (Å²) >= 11 is 0. The third-order valence-corrected chi connectivity index (χ3v) is 4.96. The number of piperazine rings is 1. The standard InChI is InChI=1S/C21H25N3O3/c1-3-17-14(2)4-9-18(23-17)15-5-7-16(8-6-15)21(27)24-12-11-22-20(26)19(24)10-13-25/h4-9,19,25H,3,10-13H2,1-2H3,(H,22,26). The van der Waals surface area contributed by atoms with Gasteiger partial charge in [-0.3, -0.25) is 14.6 Å². The number of carbonyl (C=O) groups is 2. The van der Waals surface area contributed by atoms with Crippen LogP contribution in [0.2, 0.25) is 0 Å². The van der Waals surface area contributed by atoms with Gasteiger partial charge in [0.25, 0.3) is 5.91 Å². The van der Waals surface area contributed by atoms with Gasteiger partial charge < -0.3 is 15.3 Å². The second-order valence-electron chi connectivity index (χ2n) is 6.71. The summed E-state index contributed by atoms with van der Waals surface area (Å²) in [6.07, 6.45) is 1.11. The lowest BCUT2D eigenvalue weighted by Crippen LogP contribution is -2.57. The first-order chi connectivity index (χ1) is 13.0. The minimum absolute atomic E-state index is 0.139. The molecule has 3 rings (SSSR count). The van der Waals surface area contributed by atoms with Gasteiger partial charge in [0, 0.05) is 36.5 Å². The number of carbonyl (C=O) groups excluding carboxylic acids is 2. The minimum Gasteiger partial charge on any atom is -0.396 e. The molecule has 1 aromatic carbocycles. The van der Waals surface area contributed by atoms with Crippen molar-refractivity contribution in [2.75, 3.05) is 19.7 Å². The van der Waals surface area contributed by atoms with E-state index in [9.17, 15) is 14.7 Å². The van der Waals surface area contributed by atoms with Gasteiger partial charge in [-0.1, -0.05) is 25.1 Å². The molecule has 0 saturated carbocycles. The van der Waals surface area contributed by atoms with E-state index in [4.69, 9.17) is 4.98 Å². The molecule has 6 nitrogen and oxygen atoms in total. The monoisotopic (exact) mass is 367 g/mol. The maximum atomic E-state index is 12.9. The zero-order chi connectivity index (χ0) is 19.4. The van der Waals surface area contributed by atoms with Crippen LogP contribution in [0.5, 0.6) is 0 Å². The van der Waals surface area contributed by atoms with Crippen LogP contribution < -0.4 is 5.32 Å². The summed E-state index contributed by atoms with van der Waals surface area (Å²) in [5.74, 6) is -0.405. The molecule has 0 spiro atoms. The zero-order valence-corrected chi connectivity index (χ0v) is 15.7. The quantitative estimate of drug-likeness (QED) is 0.846. The molecule has 142 valence electrons. The van der Waals surface area contributed by atoms with Crippen LogP contribution in [0.3, 0.4) is 0 Å². The highest BCUT2D eigenvalue weighted by Gasteiger charge is 2.32. The molecule has 2 heterocycles. The predicted molar refractivity (Wildman–Crippen MR) is 103 cm³/mol. The van der Waals surface area contributed by atoms with E-state index >= 15 is 0 Å². The zero-order valence-electron chi connectivity index (χ0n) is 15.7. The topological polar surface area (TPSA) is 82.5 Å². The number of nitrogens with one attached hydrogen (secondary N) is 1. The normalized spacial score (nSPS) is 16.9. The van der Waals surface area contributed by atoms with Crippen molar-refractivity contribution in [1.82, 2.24) is 15.2 Å². The second kappa shape index (κ2) is 8.31. The largest absolute Gasteiger partial charge is 0.396 e. The lowest BCUT2D eigenvalue weighted by molar-refractivity contribution is -0.128. The van der Waals surface area contributed by atoms with Gasteiger partial charge in [-0.25, -0.2) is 0 Å². The molecule has 1 atom stereocenters. The van der Waals surface area contributed by atoms with E-state index in [1.807, 2.05) is 18.2 Å². The van der Waals surface area contributed by atoms with Gasteiger partial charge in [0.2, 0.25) is 5.91 Å². The van der Waals surface area contributed by atoms with Crippen molar-refractivity contribution in [2.45, 2.75) is 32.7 Å². The Morgan fingerprint density at radius 3 is 2.67 bits per heavy atom. The van der Waals surface area contributed by atoms with E-state index in [2.05, 4.69) is 25.2 Å². The van der Waals surface area contributed by atoms with Gasteiger partial charge in [-0.05, 0) is 43.5 Å². The van der Waals surface area contributed by atoms with Crippen LogP contribution in [-0.2, 0) is 11.2 Å². The Labute approximate surface area is 159 Å². The van der Waals surface area contributed by atoms with Gasteiger partial charge in [0.15, 0.2) is 0 Å². The second-order valence-corrected chi connectivity index (χ2v) is 6.71. The van der Waals surface area contributed by atoms with Gasteiger partial charge in [-0.2, -0.15) is 0 Å². The van der Waals surface area contributed by atoms with Crippen molar-refractivity contribution in [3.8, 4) is 11.3 Å². The molecule has 1 unspecified atom stereocenters. The van der Waals surface area contributed by atoms with Gasteiger partial charge in [0.1, 0.15) is 6.04 Å². The predicted octanol–water partition coefficient (Wildman–Crippen LogP) is 1.94. The van der Waals surface area contributed by atoms with E-state index in [-0.39, 0.29) is 24.8 Å². The lowest BCUT2D eigenvalue weighted by atomic mass is 10.0. The molecule has 0 radical (unpaired) electrons. The molecule has 1 aliphatic rings. The molecular weight excluding hydrogens is 342 g/mol. The maximum absolute atomic E-state index is 12.9. The van der Waals surface area contributed by atoms with Crippen molar-refractivity contribution in [1.29, 1.82) is 0 Å². The lowest BCUT2D eigenvalue weighted by Gasteiger charge is -2.34. The van der Waals surface area contributed by atoms with Crippen LogP contribution in [0.15, 0.2) is 36.4 Å². The van der Waals surface area contributed by atoms with Crippen LogP contribution in [0.4, 0.5) is 0 Å². The van der Waals surface area contributed by atoms with Gasteiger partial charge in [-0.15, -0.1) is 0 Å². The number of hydrogen-bond donors (Lipinski definition) is 2. The highest BCUT2D eigenvalue weighted by atomic mass is 16.3. The number of aliphatic hydroxyl groups is 1. The van der Waals surface area contributed by atoms with E-state index in [0.29, 0.717) is 18.7 Å². The van der Waals surface area contributed by atoms with Gasteiger partial charge in [0.05, 0.1) is 5.69 Å². The van der Waals surface area contributed by atoms with E-state index in [0.717, 1.165) is 23.4 Å². The van der Waals surface area contributed by atoms with Crippen molar-refractivity contribution in [3.05, 3.63) is 53.2 Å². The Bertz CT molecular complexity index is 833. The third kappa shape index (κ3) is 4.01. The number of rotatable bonds is 5. The van der Waals surface area contributed by atoms with Crippen molar-refractivity contribution in [3.63, 3.8) is 0 Å². The first kappa shape index (κ1) is 19.0.